The van der Waals surface area contributed by atoms with Crippen LogP contribution in [0, 0.1) is 12.9 Å². The molecule has 0 unspecified atom stereocenters. The van der Waals surface area contributed by atoms with Crippen molar-refractivity contribution in [3.8, 4) is 67.5 Å². The van der Waals surface area contributed by atoms with Gasteiger partial charge in [0.1, 0.15) is 11.6 Å². The fourth-order valence-corrected chi connectivity index (χ4v) is 7.44. The molecule has 0 amide bonds. The molecule has 0 fully saturated rings. The van der Waals surface area contributed by atoms with Crippen molar-refractivity contribution < 1.29 is 42.6 Å². The van der Waals surface area contributed by atoms with Crippen LogP contribution in [0.5, 0.6) is 5.75 Å². The van der Waals surface area contributed by atoms with Crippen molar-refractivity contribution >= 4 is 11.0 Å². The summed E-state index contributed by atoms with van der Waals surface area (Å²) < 4.78 is 102. The number of hydrogen-bond acceptors (Lipinski definition) is 3. The van der Waals surface area contributed by atoms with Crippen molar-refractivity contribution in [1.82, 2.24) is 14.5 Å². The molecule has 2 heterocycles. The number of phenols is 1. The first-order valence-electron chi connectivity index (χ1n) is 25.6. The number of imidazole rings is 1. The number of hydrogen-bond donors (Lipinski definition) is 1. The van der Waals surface area contributed by atoms with E-state index >= 15 is 0 Å². The number of para-hydroxylation sites is 1. The van der Waals surface area contributed by atoms with E-state index in [1.165, 1.54) is 0 Å². The largest absolute Gasteiger partial charge is 0.507 e. The van der Waals surface area contributed by atoms with Crippen LogP contribution >= 0.6 is 0 Å². The van der Waals surface area contributed by atoms with E-state index in [1.54, 1.807) is 30.5 Å². The Kier molecular flexibility index (Phi) is 7.96. The summed E-state index contributed by atoms with van der Waals surface area (Å²) in [5.74, 6) is -0.299. The molecular weight excluding hydrogens is 914 g/mol. The molecule has 306 valence electrons. The van der Waals surface area contributed by atoms with Gasteiger partial charge in [-0.25, -0.2) is 4.98 Å². The number of aromatic nitrogens is 3. The zero-order valence-electron chi connectivity index (χ0n) is 46.4. The number of benzene rings is 6. The number of rotatable bonds is 6. The maximum Gasteiger partial charge on any atom is 0.148 e. The van der Waals surface area contributed by atoms with Gasteiger partial charge in [-0.1, -0.05) is 164 Å². The molecule has 1 N–H and O–H groups in total. The van der Waals surface area contributed by atoms with Gasteiger partial charge in [0.25, 0.3) is 0 Å². The molecule has 5 heteroatoms. The van der Waals surface area contributed by atoms with Gasteiger partial charge >= 0.3 is 0 Å². The Labute approximate surface area is 387 Å². The van der Waals surface area contributed by atoms with Crippen LogP contribution < -0.4 is 0 Å². The van der Waals surface area contributed by atoms with Crippen LogP contribution in [0.3, 0.4) is 0 Å². The average molecular weight is 980 g/mol. The second-order valence-corrected chi connectivity index (χ2v) is 17.2. The average Bonchev–Trinajstić information content (AvgIpc) is 3.67. The predicted molar refractivity (Wildman–Crippen MR) is 247 cm³/mol. The minimum absolute atomic E-state index is 0. The standard InChI is InChI=1S/C55H54N3O.Pt/c1-35-19-21-36(22-20-35)38-27-28-56-47(32-38)40-29-39(30-43(31-40)55(8,9)10)44-17-14-18-49-51(44)57-52(46-34-42(54(5,6)7)24-26-50(46)59)58(49)48-25-23-41(53(2,3)4)33-45(48)37-15-12-11-13-16-37;/h11-28,30-34,59H,1-10H3;/q-1;/i1D3,5D3,6D3,7D3;. The van der Waals surface area contributed by atoms with Crippen molar-refractivity contribution in [2.45, 2.75) is 85.2 Å². The minimum atomic E-state index is -3.56. The molecule has 0 saturated carbocycles. The first-order valence-corrected chi connectivity index (χ1v) is 19.6. The van der Waals surface area contributed by atoms with Gasteiger partial charge in [0.15, 0.2) is 0 Å². The van der Waals surface area contributed by atoms with Crippen LogP contribution in [0.4, 0.5) is 0 Å². The molecule has 60 heavy (non-hydrogen) atoms. The van der Waals surface area contributed by atoms with Gasteiger partial charge in [-0.15, -0.1) is 29.3 Å². The summed E-state index contributed by atoms with van der Waals surface area (Å²) in [4.78, 5) is 10.1. The molecule has 0 bridgehead atoms. The Bertz CT molecular complexity index is 3250. The van der Waals surface area contributed by atoms with E-state index in [1.807, 2.05) is 89.5 Å². The predicted octanol–water partition coefficient (Wildman–Crippen LogP) is 14.5. The fourth-order valence-electron chi connectivity index (χ4n) is 7.44. The van der Waals surface area contributed by atoms with E-state index < -0.39 is 44.1 Å². The number of aryl methyl sites for hydroxylation is 1. The number of pyridine rings is 1. The molecule has 2 aromatic heterocycles. The third kappa shape index (κ3) is 8.41. The van der Waals surface area contributed by atoms with E-state index in [0.29, 0.717) is 39.1 Å². The molecule has 0 saturated heterocycles. The van der Waals surface area contributed by atoms with Crippen LogP contribution in [0.2, 0.25) is 0 Å². The number of fused-ring (bicyclic) bond motifs is 1. The summed E-state index contributed by atoms with van der Waals surface area (Å²) >= 11 is 0. The van der Waals surface area contributed by atoms with Gasteiger partial charge in [0.05, 0.1) is 22.3 Å². The van der Waals surface area contributed by atoms with E-state index in [2.05, 4.69) is 53.7 Å². The summed E-state index contributed by atoms with van der Waals surface area (Å²) in [6.45, 7) is -0.288. The van der Waals surface area contributed by atoms with Crippen molar-refractivity contribution in [2.75, 3.05) is 0 Å². The molecule has 4 nitrogen and oxygen atoms in total. The third-order valence-corrected chi connectivity index (χ3v) is 10.8. The molecular formula is C55H54N3OPt-. The summed E-state index contributed by atoms with van der Waals surface area (Å²) in [5, 5.41) is 11.9. The van der Waals surface area contributed by atoms with Gasteiger partial charge in [0, 0.05) is 55.0 Å². The van der Waals surface area contributed by atoms with Crippen LogP contribution in [0.1, 0.15) is 101 Å². The number of nitrogens with zero attached hydrogens (tertiary/aromatic N) is 3. The normalized spacial score (nSPS) is 15.9. The van der Waals surface area contributed by atoms with Crippen LogP contribution in [0.15, 0.2) is 140 Å². The van der Waals surface area contributed by atoms with Gasteiger partial charge in [0.2, 0.25) is 0 Å². The molecule has 0 radical (unpaired) electrons. The van der Waals surface area contributed by atoms with Crippen LogP contribution in [-0.4, -0.2) is 19.6 Å². The van der Waals surface area contributed by atoms with E-state index in [4.69, 9.17) is 26.4 Å². The Balaban J connectivity index is 0.00000760. The van der Waals surface area contributed by atoms with Gasteiger partial charge in [-0.3, -0.25) is 9.55 Å². The quantitative estimate of drug-likeness (QED) is 0.169. The molecule has 0 aliphatic heterocycles. The Morgan fingerprint density at radius 1 is 0.583 bits per heavy atom. The molecule has 0 aliphatic carbocycles. The van der Waals surface area contributed by atoms with Gasteiger partial charge in [-0.2, -0.15) is 0 Å². The van der Waals surface area contributed by atoms with E-state index in [9.17, 15) is 5.11 Å². The van der Waals surface area contributed by atoms with Crippen molar-refractivity contribution in [1.29, 1.82) is 0 Å². The van der Waals surface area contributed by atoms with Crippen LogP contribution in [-0.2, 0) is 37.3 Å². The maximum atomic E-state index is 11.9. The third-order valence-electron chi connectivity index (χ3n) is 10.8. The molecule has 0 atom stereocenters. The maximum absolute atomic E-state index is 11.9. The minimum Gasteiger partial charge on any atom is -0.507 e. The van der Waals surface area contributed by atoms with Gasteiger partial charge < -0.3 is 5.11 Å². The number of phenolic OH excluding ortho intramolecular Hbond substituents is 1. The SMILES string of the molecule is [2H]C([2H])([2H])c1ccc(-c2ccnc(-c3[c-]c(-c4cccc5c4nc(-c4cc(C(C([2H])([2H])[2H])(C([2H])([2H])[2H])C([2H])([2H])[2H])ccc4O)n5-c4ccc(C(C)(C)C)cc4-c4ccccc4)cc(C(C)(C)C)c3)c2)cc1.[Pt]. The first kappa shape index (κ1) is 29.6. The van der Waals surface area contributed by atoms with Crippen molar-refractivity contribution in [3.63, 3.8) is 0 Å². The van der Waals surface area contributed by atoms with Crippen molar-refractivity contribution in [3.05, 3.63) is 168 Å². The second kappa shape index (κ2) is 16.1. The van der Waals surface area contributed by atoms with E-state index in [-0.39, 0.29) is 48.8 Å². The molecule has 6 aromatic carbocycles. The fraction of sp³-hybridized carbons (Fsp3) is 0.236. The van der Waals surface area contributed by atoms with Crippen molar-refractivity contribution in [2.24, 2.45) is 0 Å². The number of aromatic hydroxyl groups is 1. The summed E-state index contributed by atoms with van der Waals surface area (Å²) in [6.07, 6.45) is 1.70. The topological polar surface area (TPSA) is 50.9 Å². The van der Waals surface area contributed by atoms with E-state index in [0.717, 1.165) is 51.6 Å². The molecule has 8 aromatic rings. The molecule has 8 rings (SSSR count). The molecule has 0 aliphatic rings. The zero-order chi connectivity index (χ0) is 51.9. The first-order chi connectivity index (χ1) is 32.9. The van der Waals surface area contributed by atoms with Gasteiger partial charge in [-0.05, 0) is 87.3 Å². The Hall–Kier alpha value is -5.57. The smallest absolute Gasteiger partial charge is 0.148 e. The summed E-state index contributed by atoms with van der Waals surface area (Å²) in [6, 6.07) is 43.0. The monoisotopic (exact) mass is 979 g/mol. The summed E-state index contributed by atoms with van der Waals surface area (Å²) in [7, 11) is 0. The Morgan fingerprint density at radius 2 is 1.27 bits per heavy atom. The van der Waals surface area contributed by atoms with Crippen LogP contribution in [0.25, 0.3) is 72.7 Å². The zero-order valence-corrected chi connectivity index (χ0v) is 36.7. The Morgan fingerprint density at radius 3 is 1.97 bits per heavy atom. The summed E-state index contributed by atoms with van der Waals surface area (Å²) in [5.41, 5.74) is 5.10. The molecule has 0 spiro atoms. The second-order valence-electron chi connectivity index (χ2n) is 17.2.